The molecule has 0 aromatic heterocycles. The predicted octanol–water partition coefficient (Wildman–Crippen LogP) is 4.71. The van der Waals surface area contributed by atoms with Crippen molar-refractivity contribution in [2.75, 3.05) is 27.4 Å². The molecule has 0 fully saturated rings. The molecule has 0 aliphatic carbocycles. The fraction of sp³-hybridized carbons (Fsp3) is 0.368. The van der Waals surface area contributed by atoms with Gasteiger partial charge in [0, 0.05) is 41.4 Å². The molecular weight excluding hydrogens is 361 g/mol. The summed E-state index contributed by atoms with van der Waals surface area (Å²) in [5, 5.41) is 4.57. The van der Waals surface area contributed by atoms with Crippen LogP contribution in [-0.4, -0.2) is 27.4 Å². The maximum atomic E-state index is 6.22. The van der Waals surface area contributed by atoms with E-state index in [-0.39, 0.29) is 0 Å². The molecular formula is C19H23Cl2NO3. The summed E-state index contributed by atoms with van der Waals surface area (Å²) in [6.45, 7) is 2.63. The van der Waals surface area contributed by atoms with Crippen LogP contribution in [0.15, 0.2) is 36.4 Å². The summed E-state index contributed by atoms with van der Waals surface area (Å²) in [6, 6.07) is 11.2. The molecule has 0 atom stereocenters. The summed E-state index contributed by atoms with van der Waals surface area (Å²) in [5.41, 5.74) is 1.90. The molecule has 0 bridgehead atoms. The lowest BCUT2D eigenvalue weighted by Gasteiger charge is -2.16. The summed E-state index contributed by atoms with van der Waals surface area (Å²) >= 11 is 12.2. The summed E-state index contributed by atoms with van der Waals surface area (Å²) < 4.78 is 16.5. The number of nitrogens with one attached hydrogen (secondary N) is 1. The fourth-order valence-electron chi connectivity index (χ4n) is 2.38. The maximum absolute atomic E-state index is 6.22. The van der Waals surface area contributed by atoms with Crippen LogP contribution in [0.2, 0.25) is 10.0 Å². The molecule has 0 aliphatic rings. The smallest absolute Gasteiger partial charge is 0.166 e. The van der Waals surface area contributed by atoms with Gasteiger partial charge in [0.1, 0.15) is 6.61 Å². The van der Waals surface area contributed by atoms with Crippen LogP contribution >= 0.6 is 23.2 Å². The number of halogens is 2. The van der Waals surface area contributed by atoms with E-state index in [0.717, 1.165) is 36.4 Å². The molecule has 136 valence electrons. The summed E-state index contributed by atoms with van der Waals surface area (Å²) in [4.78, 5) is 0. The van der Waals surface area contributed by atoms with Gasteiger partial charge in [0.25, 0.3) is 0 Å². The highest BCUT2D eigenvalue weighted by Gasteiger charge is 2.12. The van der Waals surface area contributed by atoms with Crippen LogP contribution in [0.25, 0.3) is 0 Å². The number of ether oxygens (including phenoxy) is 3. The van der Waals surface area contributed by atoms with Crippen LogP contribution in [0.1, 0.15) is 17.5 Å². The second-order valence-corrected chi connectivity index (χ2v) is 6.34. The first kappa shape index (κ1) is 19.9. The molecule has 0 aliphatic heterocycles. The molecule has 2 aromatic rings. The third kappa shape index (κ3) is 6.08. The fourth-order valence-corrected chi connectivity index (χ4v) is 2.84. The van der Waals surface area contributed by atoms with Crippen LogP contribution < -0.4 is 14.8 Å². The highest BCUT2D eigenvalue weighted by atomic mass is 35.5. The van der Waals surface area contributed by atoms with Gasteiger partial charge in [0.2, 0.25) is 0 Å². The molecule has 6 heteroatoms. The quantitative estimate of drug-likeness (QED) is 0.603. The van der Waals surface area contributed by atoms with Crippen molar-refractivity contribution in [2.24, 2.45) is 0 Å². The van der Waals surface area contributed by atoms with Crippen molar-refractivity contribution in [1.82, 2.24) is 5.32 Å². The maximum Gasteiger partial charge on any atom is 0.166 e. The van der Waals surface area contributed by atoms with E-state index >= 15 is 0 Å². The third-order valence-electron chi connectivity index (χ3n) is 3.68. The van der Waals surface area contributed by atoms with Gasteiger partial charge in [-0.05, 0) is 31.2 Å². The molecule has 0 amide bonds. The number of para-hydroxylation sites is 1. The van der Waals surface area contributed by atoms with Crippen LogP contribution in [0.4, 0.5) is 0 Å². The molecule has 0 saturated carbocycles. The van der Waals surface area contributed by atoms with Crippen molar-refractivity contribution in [3.63, 3.8) is 0 Å². The second-order valence-electron chi connectivity index (χ2n) is 5.50. The summed E-state index contributed by atoms with van der Waals surface area (Å²) in [5.74, 6) is 1.41. The SMILES string of the molecule is COCCCNCc1cccc(OC)c1OCc1ccc(Cl)cc1Cl. The molecule has 0 saturated heterocycles. The zero-order valence-electron chi connectivity index (χ0n) is 14.5. The molecule has 4 nitrogen and oxygen atoms in total. The Labute approximate surface area is 159 Å². The average Bonchev–Trinajstić information content (AvgIpc) is 2.61. The molecule has 2 aromatic carbocycles. The lowest BCUT2D eigenvalue weighted by Crippen LogP contribution is -2.17. The van der Waals surface area contributed by atoms with E-state index in [1.54, 1.807) is 26.4 Å². The van der Waals surface area contributed by atoms with Gasteiger partial charge in [-0.1, -0.05) is 41.4 Å². The van der Waals surface area contributed by atoms with Crippen molar-refractivity contribution in [3.8, 4) is 11.5 Å². The molecule has 0 radical (unpaired) electrons. The minimum absolute atomic E-state index is 0.340. The predicted molar refractivity (Wildman–Crippen MR) is 102 cm³/mol. The zero-order valence-corrected chi connectivity index (χ0v) is 16.0. The molecule has 1 N–H and O–H groups in total. The molecule has 2 rings (SSSR count). The topological polar surface area (TPSA) is 39.7 Å². The van der Waals surface area contributed by atoms with Gasteiger partial charge in [-0.3, -0.25) is 0 Å². The van der Waals surface area contributed by atoms with Crippen LogP contribution in [0, 0.1) is 0 Å². The van der Waals surface area contributed by atoms with Gasteiger partial charge in [-0.25, -0.2) is 0 Å². The Bertz CT molecular complexity index is 680. The Hall–Kier alpha value is -1.46. The standard InChI is InChI=1S/C19H23Cl2NO3/c1-23-10-4-9-22-12-14-5-3-6-18(24-2)19(14)25-13-15-7-8-16(20)11-17(15)21/h3,5-8,11,22H,4,9-10,12-13H2,1-2H3. The number of hydrogen-bond acceptors (Lipinski definition) is 4. The molecule has 0 heterocycles. The van der Waals surface area contributed by atoms with Gasteiger partial charge < -0.3 is 19.5 Å². The Kier molecular flexibility index (Phi) is 8.35. The third-order valence-corrected chi connectivity index (χ3v) is 4.27. The number of benzene rings is 2. The Balaban J connectivity index is 2.06. The van der Waals surface area contributed by atoms with Gasteiger partial charge in [-0.2, -0.15) is 0 Å². The van der Waals surface area contributed by atoms with Crippen molar-refractivity contribution in [2.45, 2.75) is 19.6 Å². The first-order valence-corrected chi connectivity index (χ1v) is 8.83. The van der Waals surface area contributed by atoms with Crippen molar-refractivity contribution in [1.29, 1.82) is 0 Å². The first-order chi connectivity index (χ1) is 12.2. The lowest BCUT2D eigenvalue weighted by molar-refractivity contribution is 0.194. The number of rotatable bonds is 10. The van der Waals surface area contributed by atoms with Crippen molar-refractivity contribution in [3.05, 3.63) is 57.6 Å². The zero-order chi connectivity index (χ0) is 18.1. The van der Waals surface area contributed by atoms with E-state index in [1.165, 1.54) is 0 Å². The molecule has 25 heavy (non-hydrogen) atoms. The summed E-state index contributed by atoms with van der Waals surface area (Å²) in [7, 11) is 3.34. The van der Waals surface area contributed by atoms with Crippen LogP contribution in [-0.2, 0) is 17.9 Å². The number of hydrogen-bond donors (Lipinski definition) is 1. The molecule has 0 unspecified atom stereocenters. The van der Waals surface area contributed by atoms with Gasteiger partial charge in [-0.15, -0.1) is 0 Å². The molecule has 0 spiro atoms. The first-order valence-electron chi connectivity index (χ1n) is 8.08. The van der Waals surface area contributed by atoms with E-state index in [1.807, 2.05) is 24.3 Å². The Morgan fingerprint density at radius 3 is 2.60 bits per heavy atom. The highest BCUT2D eigenvalue weighted by molar-refractivity contribution is 6.35. The highest BCUT2D eigenvalue weighted by Crippen LogP contribution is 2.32. The minimum atomic E-state index is 0.340. The normalized spacial score (nSPS) is 10.7. The number of methoxy groups -OCH3 is 2. The van der Waals surface area contributed by atoms with Crippen molar-refractivity contribution >= 4 is 23.2 Å². The lowest BCUT2D eigenvalue weighted by atomic mass is 10.1. The van der Waals surface area contributed by atoms with Crippen molar-refractivity contribution < 1.29 is 14.2 Å². The largest absolute Gasteiger partial charge is 0.493 e. The Morgan fingerprint density at radius 1 is 1.04 bits per heavy atom. The van der Waals surface area contributed by atoms with Gasteiger partial charge in [0.05, 0.1) is 7.11 Å². The monoisotopic (exact) mass is 383 g/mol. The van der Waals surface area contributed by atoms with E-state index in [2.05, 4.69) is 5.32 Å². The van der Waals surface area contributed by atoms with E-state index in [0.29, 0.717) is 28.9 Å². The van der Waals surface area contributed by atoms with E-state index in [4.69, 9.17) is 37.4 Å². The summed E-state index contributed by atoms with van der Waals surface area (Å²) in [6.07, 6.45) is 0.955. The van der Waals surface area contributed by atoms with E-state index < -0.39 is 0 Å². The van der Waals surface area contributed by atoms with Crippen LogP contribution in [0.5, 0.6) is 11.5 Å². The van der Waals surface area contributed by atoms with Gasteiger partial charge in [0.15, 0.2) is 11.5 Å². The second kappa shape index (κ2) is 10.5. The van der Waals surface area contributed by atoms with Crippen LogP contribution in [0.3, 0.4) is 0 Å². The van der Waals surface area contributed by atoms with E-state index in [9.17, 15) is 0 Å². The minimum Gasteiger partial charge on any atom is -0.493 e. The average molecular weight is 384 g/mol. The Morgan fingerprint density at radius 2 is 1.88 bits per heavy atom. The van der Waals surface area contributed by atoms with Gasteiger partial charge >= 0.3 is 0 Å².